The number of nitrogens with zero attached hydrogens (tertiary/aromatic N) is 1. The number of fused-ring (bicyclic) bond motifs is 3. The number of aliphatic hydroxyl groups is 1. The lowest BCUT2D eigenvalue weighted by molar-refractivity contribution is 0.0320. The van der Waals surface area contributed by atoms with Gasteiger partial charge in [0, 0.05) is 4.88 Å². The largest absolute Gasteiger partial charge is 0.451 e. The SMILES string of the molecule is C[C@@H]1CCc2c(sc3nc([C@@H](C)OC(=O)c4ccc(CO)cc4)[nH]c(=O)c23)C1. The predicted octanol–water partition coefficient (Wildman–Crippen LogP) is 3.52. The van der Waals surface area contributed by atoms with Crippen molar-refractivity contribution in [3.05, 3.63) is 62.0 Å². The summed E-state index contributed by atoms with van der Waals surface area (Å²) in [6.45, 7) is 3.84. The van der Waals surface area contributed by atoms with Crippen molar-refractivity contribution in [1.29, 1.82) is 0 Å². The lowest BCUT2D eigenvalue weighted by atomic mass is 9.89. The Bertz CT molecular complexity index is 1080. The molecule has 2 heterocycles. The van der Waals surface area contributed by atoms with Gasteiger partial charge in [0.05, 0.1) is 17.6 Å². The fourth-order valence-electron chi connectivity index (χ4n) is 3.59. The second-order valence-corrected chi connectivity index (χ2v) is 8.47. The van der Waals surface area contributed by atoms with Gasteiger partial charge in [-0.3, -0.25) is 4.79 Å². The van der Waals surface area contributed by atoms with E-state index in [4.69, 9.17) is 9.84 Å². The number of aryl methyl sites for hydroxylation is 1. The first-order valence-electron chi connectivity index (χ1n) is 9.41. The minimum Gasteiger partial charge on any atom is -0.451 e. The minimum atomic E-state index is -0.680. The van der Waals surface area contributed by atoms with Crippen molar-refractivity contribution in [1.82, 2.24) is 9.97 Å². The van der Waals surface area contributed by atoms with Crippen LogP contribution in [-0.2, 0) is 24.2 Å². The summed E-state index contributed by atoms with van der Waals surface area (Å²) in [5.41, 5.74) is 2.07. The molecule has 0 amide bonds. The minimum absolute atomic E-state index is 0.0829. The number of aromatic amines is 1. The van der Waals surface area contributed by atoms with Gasteiger partial charge in [-0.25, -0.2) is 9.78 Å². The average Bonchev–Trinajstić information content (AvgIpc) is 3.05. The monoisotopic (exact) mass is 398 g/mol. The molecule has 3 aromatic rings. The van der Waals surface area contributed by atoms with Crippen LogP contribution in [-0.4, -0.2) is 21.0 Å². The van der Waals surface area contributed by atoms with Gasteiger partial charge in [-0.15, -0.1) is 11.3 Å². The zero-order valence-electron chi connectivity index (χ0n) is 15.8. The van der Waals surface area contributed by atoms with Crippen molar-refractivity contribution in [2.45, 2.75) is 45.8 Å². The molecule has 0 bridgehead atoms. The highest BCUT2D eigenvalue weighted by Gasteiger charge is 2.24. The number of nitrogens with one attached hydrogen (secondary N) is 1. The Hall–Kier alpha value is -2.51. The summed E-state index contributed by atoms with van der Waals surface area (Å²) < 4.78 is 5.49. The normalized spacial score (nSPS) is 17.3. The molecule has 28 heavy (non-hydrogen) atoms. The van der Waals surface area contributed by atoms with Gasteiger partial charge in [0.15, 0.2) is 11.9 Å². The van der Waals surface area contributed by atoms with E-state index in [0.29, 0.717) is 27.5 Å². The third kappa shape index (κ3) is 3.47. The van der Waals surface area contributed by atoms with Crippen LogP contribution in [0.15, 0.2) is 29.1 Å². The number of hydrogen-bond donors (Lipinski definition) is 2. The zero-order valence-corrected chi connectivity index (χ0v) is 16.6. The Morgan fingerprint density at radius 3 is 2.86 bits per heavy atom. The molecule has 7 heteroatoms. The molecule has 2 aromatic heterocycles. The molecule has 0 unspecified atom stereocenters. The Morgan fingerprint density at radius 1 is 1.39 bits per heavy atom. The van der Waals surface area contributed by atoms with Crippen LogP contribution in [0.4, 0.5) is 0 Å². The smallest absolute Gasteiger partial charge is 0.338 e. The number of benzene rings is 1. The van der Waals surface area contributed by atoms with E-state index in [-0.39, 0.29) is 12.2 Å². The van der Waals surface area contributed by atoms with Crippen molar-refractivity contribution < 1.29 is 14.6 Å². The topological polar surface area (TPSA) is 92.3 Å². The van der Waals surface area contributed by atoms with Crippen molar-refractivity contribution in [3.8, 4) is 0 Å². The lowest BCUT2D eigenvalue weighted by Crippen LogP contribution is -2.18. The first-order chi connectivity index (χ1) is 13.5. The highest BCUT2D eigenvalue weighted by molar-refractivity contribution is 7.18. The maximum atomic E-state index is 12.7. The first-order valence-corrected chi connectivity index (χ1v) is 10.2. The molecule has 0 saturated heterocycles. The van der Waals surface area contributed by atoms with Crippen molar-refractivity contribution in [2.24, 2.45) is 5.92 Å². The summed E-state index contributed by atoms with van der Waals surface area (Å²) in [5.74, 6) is 0.472. The number of aliphatic hydroxyl groups excluding tert-OH is 1. The van der Waals surface area contributed by atoms with Crippen LogP contribution >= 0.6 is 11.3 Å². The van der Waals surface area contributed by atoms with Gasteiger partial charge in [0.2, 0.25) is 0 Å². The van der Waals surface area contributed by atoms with Gasteiger partial charge in [-0.1, -0.05) is 19.1 Å². The summed E-state index contributed by atoms with van der Waals surface area (Å²) in [6, 6.07) is 6.55. The number of hydrogen-bond acceptors (Lipinski definition) is 6. The van der Waals surface area contributed by atoms with Gasteiger partial charge in [-0.05, 0) is 55.4 Å². The fourth-order valence-corrected chi connectivity index (χ4v) is 4.98. The van der Waals surface area contributed by atoms with Crippen LogP contribution in [0.3, 0.4) is 0 Å². The molecule has 0 fully saturated rings. The van der Waals surface area contributed by atoms with E-state index in [0.717, 1.165) is 30.4 Å². The van der Waals surface area contributed by atoms with E-state index in [2.05, 4.69) is 16.9 Å². The molecule has 2 N–H and O–H groups in total. The van der Waals surface area contributed by atoms with Crippen LogP contribution in [0.2, 0.25) is 0 Å². The summed E-state index contributed by atoms with van der Waals surface area (Å²) in [6.07, 6.45) is 2.30. The van der Waals surface area contributed by atoms with Crippen LogP contribution in [0.5, 0.6) is 0 Å². The van der Waals surface area contributed by atoms with E-state index in [1.54, 1.807) is 42.5 Å². The summed E-state index contributed by atoms with van der Waals surface area (Å²) >= 11 is 1.57. The van der Waals surface area contributed by atoms with E-state index < -0.39 is 12.1 Å². The van der Waals surface area contributed by atoms with Crippen molar-refractivity contribution in [3.63, 3.8) is 0 Å². The van der Waals surface area contributed by atoms with Crippen molar-refractivity contribution in [2.75, 3.05) is 0 Å². The number of carbonyl (C=O) groups is 1. The Morgan fingerprint density at radius 2 is 2.14 bits per heavy atom. The summed E-state index contributed by atoms with van der Waals surface area (Å²) in [5, 5.41) is 9.78. The van der Waals surface area contributed by atoms with Gasteiger partial charge >= 0.3 is 5.97 Å². The lowest BCUT2D eigenvalue weighted by Gasteiger charge is -2.17. The molecule has 146 valence electrons. The van der Waals surface area contributed by atoms with Crippen LogP contribution < -0.4 is 5.56 Å². The van der Waals surface area contributed by atoms with E-state index in [9.17, 15) is 9.59 Å². The van der Waals surface area contributed by atoms with E-state index >= 15 is 0 Å². The number of carbonyl (C=O) groups excluding carboxylic acids is 1. The standard InChI is InChI=1S/C21H22N2O4S/c1-11-3-8-15-16(9-11)28-20-17(15)19(25)22-18(23-20)12(2)27-21(26)14-6-4-13(10-24)5-7-14/h4-7,11-12,24H,3,8-10H2,1-2H3,(H,22,23,25)/t11-,12-/m1/s1. The number of thiophene rings is 1. The molecule has 1 aliphatic rings. The number of ether oxygens (including phenoxy) is 1. The molecule has 2 atom stereocenters. The molecule has 1 aromatic carbocycles. The number of esters is 1. The van der Waals surface area contributed by atoms with E-state index in [1.165, 1.54) is 4.88 Å². The number of H-pyrrole nitrogens is 1. The quantitative estimate of drug-likeness (QED) is 0.656. The molecule has 0 radical (unpaired) electrons. The summed E-state index contributed by atoms with van der Waals surface area (Å²) in [7, 11) is 0. The molecular formula is C21H22N2O4S. The van der Waals surface area contributed by atoms with Crippen molar-refractivity contribution >= 4 is 27.5 Å². The average molecular weight is 398 g/mol. The van der Waals surface area contributed by atoms with Crippen LogP contribution in [0, 0.1) is 5.92 Å². The molecule has 0 aliphatic heterocycles. The molecule has 0 spiro atoms. The molecule has 0 saturated carbocycles. The highest BCUT2D eigenvalue weighted by Crippen LogP contribution is 2.36. The van der Waals surface area contributed by atoms with Gasteiger partial charge < -0.3 is 14.8 Å². The molecule has 1 aliphatic carbocycles. The second-order valence-electron chi connectivity index (χ2n) is 7.39. The van der Waals surface area contributed by atoms with E-state index in [1.807, 2.05) is 0 Å². The third-order valence-corrected chi connectivity index (χ3v) is 6.37. The number of rotatable bonds is 4. The van der Waals surface area contributed by atoms with Crippen LogP contribution in [0.1, 0.15) is 58.6 Å². The third-order valence-electron chi connectivity index (χ3n) is 5.22. The Balaban J connectivity index is 1.59. The summed E-state index contributed by atoms with van der Waals surface area (Å²) in [4.78, 5) is 34.4. The Kier molecular flexibility index (Phi) is 5.03. The van der Waals surface area contributed by atoms with Gasteiger partial charge in [-0.2, -0.15) is 0 Å². The maximum Gasteiger partial charge on any atom is 0.338 e. The van der Waals surface area contributed by atoms with Crippen LogP contribution in [0.25, 0.3) is 10.2 Å². The highest BCUT2D eigenvalue weighted by atomic mass is 32.1. The molecule has 6 nitrogen and oxygen atoms in total. The second kappa shape index (κ2) is 7.48. The fraction of sp³-hybridized carbons (Fsp3) is 0.381. The Labute approximate surface area is 166 Å². The number of aromatic nitrogens is 2. The predicted molar refractivity (Wildman–Crippen MR) is 108 cm³/mol. The zero-order chi connectivity index (χ0) is 19.8. The molecule has 4 rings (SSSR count). The maximum absolute atomic E-state index is 12.7. The van der Waals surface area contributed by atoms with Gasteiger partial charge in [0.1, 0.15) is 4.83 Å². The van der Waals surface area contributed by atoms with Gasteiger partial charge in [0.25, 0.3) is 5.56 Å². The molecular weight excluding hydrogens is 376 g/mol. The first kappa shape index (κ1) is 18.8.